The summed E-state index contributed by atoms with van der Waals surface area (Å²) in [6.07, 6.45) is 0. The average Bonchev–Trinajstić information content (AvgIpc) is 2.35. The normalized spacial score (nSPS) is 16.2. The summed E-state index contributed by atoms with van der Waals surface area (Å²) in [5.74, 6) is -1.94. The van der Waals surface area contributed by atoms with Gasteiger partial charge in [-0.15, -0.1) is 0 Å². The Morgan fingerprint density at radius 1 is 1.48 bits per heavy atom. The van der Waals surface area contributed by atoms with Crippen LogP contribution in [0.5, 0.6) is 5.75 Å². The minimum atomic E-state index is -3.93. The minimum Gasteiger partial charge on any atom is -0.495 e. The van der Waals surface area contributed by atoms with Gasteiger partial charge in [0, 0.05) is 19.2 Å². The van der Waals surface area contributed by atoms with Gasteiger partial charge in [0.05, 0.1) is 24.0 Å². The molecular formula is C11H12N2O7S. The van der Waals surface area contributed by atoms with Crippen molar-refractivity contribution in [2.45, 2.75) is 4.90 Å². The molecule has 0 unspecified atom stereocenters. The number of hydrogen-bond acceptors (Lipinski definition) is 6. The number of nitro groups is 1. The number of non-ortho nitro benzene ring substituents is 1. The van der Waals surface area contributed by atoms with Crippen LogP contribution in [-0.4, -0.2) is 48.9 Å². The van der Waals surface area contributed by atoms with Crippen LogP contribution in [0.15, 0.2) is 23.1 Å². The van der Waals surface area contributed by atoms with Crippen molar-refractivity contribution in [2.75, 3.05) is 20.2 Å². The zero-order valence-electron chi connectivity index (χ0n) is 10.9. The molecule has 10 heteroatoms. The van der Waals surface area contributed by atoms with Crippen LogP contribution < -0.4 is 4.74 Å². The van der Waals surface area contributed by atoms with E-state index in [1.54, 1.807) is 0 Å². The number of carboxylic acid groups (broad SMARTS) is 1. The predicted molar refractivity (Wildman–Crippen MR) is 69.5 cm³/mol. The largest absolute Gasteiger partial charge is 0.495 e. The van der Waals surface area contributed by atoms with Crippen molar-refractivity contribution in [3.8, 4) is 5.75 Å². The first-order valence-electron chi connectivity index (χ1n) is 5.82. The van der Waals surface area contributed by atoms with Gasteiger partial charge in [-0.1, -0.05) is 0 Å². The highest BCUT2D eigenvalue weighted by Gasteiger charge is 2.41. The first kappa shape index (κ1) is 15.2. The fourth-order valence-corrected chi connectivity index (χ4v) is 3.58. The highest BCUT2D eigenvalue weighted by molar-refractivity contribution is 7.89. The second-order valence-electron chi connectivity index (χ2n) is 4.45. The van der Waals surface area contributed by atoms with Crippen molar-refractivity contribution in [3.63, 3.8) is 0 Å². The number of hydrogen-bond donors (Lipinski definition) is 1. The molecular weight excluding hydrogens is 304 g/mol. The van der Waals surface area contributed by atoms with Crippen molar-refractivity contribution in [1.29, 1.82) is 0 Å². The Kier molecular flexibility index (Phi) is 3.83. The van der Waals surface area contributed by atoms with E-state index in [4.69, 9.17) is 9.84 Å². The van der Waals surface area contributed by atoms with E-state index >= 15 is 0 Å². The van der Waals surface area contributed by atoms with Crippen molar-refractivity contribution >= 4 is 21.7 Å². The van der Waals surface area contributed by atoms with E-state index in [0.29, 0.717) is 0 Å². The fourth-order valence-electron chi connectivity index (χ4n) is 1.91. The average molecular weight is 316 g/mol. The maximum absolute atomic E-state index is 12.3. The van der Waals surface area contributed by atoms with Crippen LogP contribution in [0, 0.1) is 16.0 Å². The predicted octanol–water partition coefficient (Wildman–Crippen LogP) is 0.309. The summed E-state index contributed by atoms with van der Waals surface area (Å²) < 4.78 is 30.5. The third-order valence-electron chi connectivity index (χ3n) is 3.17. The smallest absolute Gasteiger partial charge is 0.309 e. The third kappa shape index (κ3) is 2.67. The molecule has 0 aliphatic carbocycles. The molecule has 1 aliphatic rings. The summed E-state index contributed by atoms with van der Waals surface area (Å²) in [6, 6.07) is 3.16. The lowest BCUT2D eigenvalue weighted by molar-refractivity contribution is -0.385. The Hall–Kier alpha value is -2.20. The molecule has 9 nitrogen and oxygen atoms in total. The number of rotatable bonds is 5. The van der Waals surface area contributed by atoms with Crippen LogP contribution in [0.2, 0.25) is 0 Å². The molecule has 1 aromatic rings. The molecule has 1 heterocycles. The molecule has 1 saturated heterocycles. The number of nitro benzene ring substituents is 1. The number of carbonyl (C=O) groups is 1. The lowest BCUT2D eigenvalue weighted by Gasteiger charge is -2.35. The number of nitrogens with zero attached hydrogens (tertiary/aromatic N) is 2. The van der Waals surface area contributed by atoms with E-state index in [-0.39, 0.29) is 29.4 Å². The van der Waals surface area contributed by atoms with Gasteiger partial charge in [0.2, 0.25) is 10.0 Å². The quantitative estimate of drug-likeness (QED) is 0.611. The maximum Gasteiger partial charge on any atom is 0.309 e. The molecule has 1 fully saturated rings. The Morgan fingerprint density at radius 3 is 2.57 bits per heavy atom. The summed E-state index contributed by atoms with van der Waals surface area (Å²) >= 11 is 0. The highest BCUT2D eigenvalue weighted by atomic mass is 32.2. The summed E-state index contributed by atoms with van der Waals surface area (Å²) in [4.78, 5) is 20.5. The molecule has 0 bridgehead atoms. The second kappa shape index (κ2) is 5.30. The van der Waals surface area contributed by atoms with E-state index in [9.17, 15) is 23.3 Å². The Bertz CT molecular complexity index is 695. The Labute approximate surface area is 119 Å². The number of sulfonamides is 1. The molecule has 0 radical (unpaired) electrons. The van der Waals surface area contributed by atoms with E-state index in [1.807, 2.05) is 0 Å². The van der Waals surface area contributed by atoms with Gasteiger partial charge in [-0.3, -0.25) is 14.9 Å². The van der Waals surface area contributed by atoms with Crippen molar-refractivity contribution < 1.29 is 28.0 Å². The topological polar surface area (TPSA) is 127 Å². The summed E-state index contributed by atoms with van der Waals surface area (Å²) in [5.41, 5.74) is -0.294. The van der Waals surface area contributed by atoms with Gasteiger partial charge in [0.1, 0.15) is 10.6 Å². The monoisotopic (exact) mass is 316 g/mol. The van der Waals surface area contributed by atoms with Crippen LogP contribution in [-0.2, 0) is 14.8 Å². The van der Waals surface area contributed by atoms with E-state index in [0.717, 1.165) is 22.5 Å². The van der Waals surface area contributed by atoms with E-state index in [2.05, 4.69) is 0 Å². The molecule has 21 heavy (non-hydrogen) atoms. The third-order valence-corrected chi connectivity index (χ3v) is 5.04. The van der Waals surface area contributed by atoms with Gasteiger partial charge in [-0.05, 0) is 6.07 Å². The van der Waals surface area contributed by atoms with Crippen LogP contribution in [0.1, 0.15) is 0 Å². The summed E-state index contributed by atoms with van der Waals surface area (Å²) in [5, 5.41) is 19.4. The number of ether oxygens (including phenoxy) is 1. The summed E-state index contributed by atoms with van der Waals surface area (Å²) in [6.45, 7) is -0.254. The first-order valence-corrected chi connectivity index (χ1v) is 7.26. The highest BCUT2D eigenvalue weighted by Crippen LogP contribution is 2.33. The zero-order valence-corrected chi connectivity index (χ0v) is 11.7. The van der Waals surface area contributed by atoms with Gasteiger partial charge >= 0.3 is 5.97 Å². The number of methoxy groups -OCH3 is 1. The molecule has 114 valence electrons. The van der Waals surface area contributed by atoms with Crippen molar-refractivity contribution in [1.82, 2.24) is 4.31 Å². The van der Waals surface area contributed by atoms with Gasteiger partial charge in [-0.25, -0.2) is 8.42 Å². The zero-order chi connectivity index (χ0) is 15.8. The molecule has 1 aromatic carbocycles. The lowest BCUT2D eigenvalue weighted by atomic mass is 10.0. The van der Waals surface area contributed by atoms with Gasteiger partial charge in [-0.2, -0.15) is 4.31 Å². The van der Waals surface area contributed by atoms with Crippen LogP contribution in [0.25, 0.3) is 0 Å². The van der Waals surface area contributed by atoms with Gasteiger partial charge in [0.25, 0.3) is 5.69 Å². The second-order valence-corrected chi connectivity index (χ2v) is 6.36. The number of aliphatic carboxylic acids is 1. The van der Waals surface area contributed by atoms with Gasteiger partial charge < -0.3 is 9.84 Å². The molecule has 0 aromatic heterocycles. The Balaban J connectivity index is 2.33. The van der Waals surface area contributed by atoms with Crippen LogP contribution in [0.3, 0.4) is 0 Å². The van der Waals surface area contributed by atoms with Crippen LogP contribution >= 0.6 is 0 Å². The molecule has 1 N–H and O–H groups in total. The number of carboxylic acids is 1. The fraction of sp³-hybridized carbons (Fsp3) is 0.364. The van der Waals surface area contributed by atoms with Crippen molar-refractivity contribution in [3.05, 3.63) is 28.3 Å². The molecule has 1 aliphatic heterocycles. The first-order chi connectivity index (χ1) is 9.77. The standard InChI is InChI=1S/C11H12N2O7S/c1-20-9-4-8(13(16)17)2-3-10(9)21(18,19)12-5-7(6-12)11(14)15/h2-4,7H,5-6H2,1H3,(H,14,15). The minimum absolute atomic E-state index is 0.127. The number of benzene rings is 1. The lowest BCUT2D eigenvalue weighted by Crippen LogP contribution is -2.52. The molecule has 0 spiro atoms. The SMILES string of the molecule is COc1cc([N+](=O)[O-])ccc1S(=O)(=O)N1CC(C(=O)O)C1. The van der Waals surface area contributed by atoms with Gasteiger partial charge in [0.15, 0.2) is 0 Å². The molecule has 2 rings (SSSR count). The molecule has 0 atom stereocenters. The summed E-state index contributed by atoms with van der Waals surface area (Å²) in [7, 11) is -2.73. The maximum atomic E-state index is 12.3. The van der Waals surface area contributed by atoms with Crippen molar-refractivity contribution in [2.24, 2.45) is 5.92 Å². The van der Waals surface area contributed by atoms with E-state index in [1.165, 1.54) is 7.11 Å². The molecule has 0 amide bonds. The Morgan fingerprint density at radius 2 is 2.10 bits per heavy atom. The van der Waals surface area contributed by atoms with E-state index < -0.39 is 26.8 Å². The van der Waals surface area contributed by atoms with Crippen LogP contribution in [0.4, 0.5) is 5.69 Å². The molecule has 0 saturated carbocycles.